The van der Waals surface area contributed by atoms with E-state index in [4.69, 9.17) is 10.8 Å². The predicted molar refractivity (Wildman–Crippen MR) is 79.6 cm³/mol. The summed E-state index contributed by atoms with van der Waals surface area (Å²) in [6.07, 6.45) is 3.20. The van der Waals surface area contributed by atoms with Crippen molar-refractivity contribution in [1.82, 2.24) is 14.8 Å². The lowest BCUT2D eigenvalue weighted by Gasteiger charge is -2.34. The van der Waals surface area contributed by atoms with Crippen LogP contribution >= 0.6 is 0 Å². The maximum Gasteiger partial charge on any atom is 0.255 e. The van der Waals surface area contributed by atoms with Crippen molar-refractivity contribution < 1.29 is 9.90 Å². The number of aromatic nitrogens is 1. The van der Waals surface area contributed by atoms with E-state index in [2.05, 4.69) is 21.7 Å². The Morgan fingerprint density at radius 1 is 1.38 bits per heavy atom. The second-order valence-electron chi connectivity index (χ2n) is 4.78. The Morgan fingerprint density at radius 3 is 2.81 bits per heavy atom. The number of hydrogen-bond acceptors (Lipinski definition) is 5. The van der Waals surface area contributed by atoms with Crippen LogP contribution in [-0.2, 0) is 0 Å². The first-order valence-electron chi connectivity index (χ1n) is 7.01. The Hall–Kier alpha value is -1.94. The molecule has 2 heterocycles. The van der Waals surface area contributed by atoms with Gasteiger partial charge in [0, 0.05) is 45.1 Å². The number of carbonyl (C=O) groups is 1. The zero-order chi connectivity index (χ0) is 15.1. The fraction of sp³-hybridized carbons (Fsp3) is 0.467. The van der Waals surface area contributed by atoms with Gasteiger partial charge in [-0.2, -0.15) is 0 Å². The molecule has 0 radical (unpaired) electrons. The lowest BCUT2D eigenvalue weighted by Crippen LogP contribution is -2.49. The van der Waals surface area contributed by atoms with Gasteiger partial charge in [0.25, 0.3) is 5.91 Å². The van der Waals surface area contributed by atoms with E-state index in [0.717, 1.165) is 13.1 Å². The summed E-state index contributed by atoms with van der Waals surface area (Å²) in [5, 5.41) is 8.94. The number of nitrogens with two attached hydrogens (primary N) is 1. The number of pyridine rings is 1. The first kappa shape index (κ1) is 15.4. The van der Waals surface area contributed by atoms with Crippen molar-refractivity contribution in [3.8, 4) is 11.8 Å². The Kier molecular flexibility index (Phi) is 5.69. The molecule has 1 saturated heterocycles. The number of nitrogens with zero attached hydrogens (tertiary/aromatic N) is 3. The van der Waals surface area contributed by atoms with Gasteiger partial charge in [0.2, 0.25) is 0 Å². The van der Waals surface area contributed by atoms with Crippen LogP contribution in [0.15, 0.2) is 18.5 Å². The van der Waals surface area contributed by atoms with Crippen molar-refractivity contribution in [1.29, 1.82) is 0 Å². The molecule has 3 N–H and O–H groups in total. The van der Waals surface area contributed by atoms with Gasteiger partial charge >= 0.3 is 0 Å². The Bertz CT molecular complexity index is 542. The van der Waals surface area contributed by atoms with E-state index in [9.17, 15) is 4.79 Å². The maximum atomic E-state index is 12.6. The summed E-state index contributed by atoms with van der Waals surface area (Å²) in [5.41, 5.74) is 6.56. The van der Waals surface area contributed by atoms with Gasteiger partial charge in [0.05, 0.1) is 24.3 Å². The molecule has 0 unspecified atom stereocenters. The van der Waals surface area contributed by atoms with Gasteiger partial charge in [0.1, 0.15) is 0 Å². The van der Waals surface area contributed by atoms with Gasteiger partial charge in [-0.1, -0.05) is 11.8 Å². The van der Waals surface area contributed by atoms with Crippen molar-refractivity contribution in [2.24, 2.45) is 5.73 Å². The molecule has 112 valence electrons. The van der Waals surface area contributed by atoms with E-state index in [0.29, 0.717) is 30.8 Å². The summed E-state index contributed by atoms with van der Waals surface area (Å²) in [4.78, 5) is 20.6. The molecule has 0 bridgehead atoms. The number of amides is 1. The number of β-amino-alcohol motifs (C(OH)–C–C–N with tert-alkyl or cyclic N) is 1. The molecule has 1 aromatic heterocycles. The molecule has 2 rings (SSSR count). The lowest BCUT2D eigenvalue weighted by atomic mass is 10.1. The zero-order valence-electron chi connectivity index (χ0n) is 12.0. The number of aliphatic hydroxyl groups excluding tert-OH is 1. The van der Waals surface area contributed by atoms with Crippen molar-refractivity contribution in [3.05, 3.63) is 29.6 Å². The molecule has 1 amide bonds. The number of aliphatic hydroxyl groups is 1. The molecule has 1 aromatic rings. The average molecular weight is 288 g/mol. The topological polar surface area (TPSA) is 82.7 Å². The van der Waals surface area contributed by atoms with Crippen LogP contribution in [0.3, 0.4) is 0 Å². The summed E-state index contributed by atoms with van der Waals surface area (Å²) < 4.78 is 0. The van der Waals surface area contributed by atoms with E-state index < -0.39 is 0 Å². The van der Waals surface area contributed by atoms with Crippen molar-refractivity contribution in [2.45, 2.75) is 0 Å². The molecule has 0 spiro atoms. The van der Waals surface area contributed by atoms with Gasteiger partial charge in [-0.05, 0) is 6.07 Å². The van der Waals surface area contributed by atoms with E-state index in [-0.39, 0.29) is 19.1 Å². The molecule has 1 aliphatic heterocycles. The fourth-order valence-electron chi connectivity index (χ4n) is 2.31. The van der Waals surface area contributed by atoms with Crippen molar-refractivity contribution in [2.75, 3.05) is 45.9 Å². The quantitative estimate of drug-likeness (QED) is 0.707. The Morgan fingerprint density at radius 2 is 2.14 bits per heavy atom. The molecular formula is C15H20N4O2. The SMILES string of the molecule is NCC#Cc1cnccc1C(=O)N1CCN(CCO)CC1. The van der Waals surface area contributed by atoms with Crippen LogP contribution in [0.2, 0.25) is 0 Å². The second kappa shape index (κ2) is 7.74. The fourth-order valence-corrected chi connectivity index (χ4v) is 2.31. The minimum atomic E-state index is -0.0256. The first-order valence-corrected chi connectivity index (χ1v) is 7.01. The molecule has 0 saturated carbocycles. The smallest absolute Gasteiger partial charge is 0.255 e. The maximum absolute atomic E-state index is 12.6. The Labute approximate surface area is 124 Å². The number of hydrogen-bond donors (Lipinski definition) is 2. The summed E-state index contributed by atoms with van der Waals surface area (Å²) >= 11 is 0. The largest absolute Gasteiger partial charge is 0.395 e. The van der Waals surface area contributed by atoms with E-state index in [1.165, 1.54) is 0 Å². The van der Waals surface area contributed by atoms with Crippen LogP contribution in [-0.4, -0.2) is 71.7 Å². The molecule has 0 atom stereocenters. The highest BCUT2D eigenvalue weighted by atomic mass is 16.3. The number of rotatable bonds is 3. The summed E-state index contributed by atoms with van der Waals surface area (Å²) in [5.74, 6) is 5.63. The van der Waals surface area contributed by atoms with Crippen LogP contribution < -0.4 is 5.73 Å². The van der Waals surface area contributed by atoms with Gasteiger partial charge in [-0.25, -0.2) is 0 Å². The standard InChI is InChI=1S/C15H20N4O2/c16-4-1-2-13-12-17-5-3-14(13)15(21)19-8-6-18(7-9-19)10-11-20/h3,5,12,20H,4,6-11,16H2. The van der Waals surface area contributed by atoms with Gasteiger partial charge in [-0.15, -0.1) is 0 Å². The van der Waals surface area contributed by atoms with Crippen molar-refractivity contribution in [3.63, 3.8) is 0 Å². The zero-order valence-corrected chi connectivity index (χ0v) is 12.0. The summed E-state index contributed by atoms with van der Waals surface area (Å²) in [6.45, 7) is 3.93. The number of piperazine rings is 1. The molecule has 1 aliphatic rings. The average Bonchev–Trinajstić information content (AvgIpc) is 2.53. The summed E-state index contributed by atoms with van der Waals surface area (Å²) in [6, 6.07) is 1.70. The molecule has 1 fully saturated rings. The van der Waals surface area contributed by atoms with Crippen LogP contribution in [0.25, 0.3) is 0 Å². The Balaban J connectivity index is 2.07. The number of carbonyl (C=O) groups excluding carboxylic acids is 1. The van der Waals surface area contributed by atoms with E-state index in [1.807, 2.05) is 4.90 Å². The molecule has 6 nitrogen and oxygen atoms in total. The van der Waals surface area contributed by atoms with Gasteiger partial charge in [-0.3, -0.25) is 14.7 Å². The molecular weight excluding hydrogens is 268 g/mol. The monoisotopic (exact) mass is 288 g/mol. The van der Waals surface area contributed by atoms with Crippen molar-refractivity contribution >= 4 is 5.91 Å². The van der Waals surface area contributed by atoms with E-state index in [1.54, 1.807) is 18.5 Å². The molecule has 0 aliphatic carbocycles. The van der Waals surface area contributed by atoms with Gasteiger partial charge in [0.15, 0.2) is 0 Å². The van der Waals surface area contributed by atoms with Crippen LogP contribution in [0.5, 0.6) is 0 Å². The molecule has 6 heteroatoms. The predicted octanol–water partition coefficient (Wildman–Crippen LogP) is -0.858. The molecule has 0 aromatic carbocycles. The third-order valence-electron chi connectivity index (χ3n) is 3.45. The second-order valence-corrected chi connectivity index (χ2v) is 4.78. The highest BCUT2D eigenvalue weighted by Crippen LogP contribution is 2.12. The minimum Gasteiger partial charge on any atom is -0.395 e. The van der Waals surface area contributed by atoms with E-state index >= 15 is 0 Å². The first-order chi connectivity index (χ1) is 10.3. The normalized spacial score (nSPS) is 15.4. The minimum absolute atomic E-state index is 0.0256. The summed E-state index contributed by atoms with van der Waals surface area (Å²) in [7, 11) is 0. The van der Waals surface area contributed by atoms with Gasteiger partial charge < -0.3 is 15.7 Å². The third-order valence-corrected chi connectivity index (χ3v) is 3.45. The van der Waals surface area contributed by atoms with Crippen LogP contribution in [0, 0.1) is 11.8 Å². The lowest BCUT2D eigenvalue weighted by molar-refractivity contribution is 0.0614. The van der Waals surface area contributed by atoms with Crippen LogP contribution in [0.4, 0.5) is 0 Å². The van der Waals surface area contributed by atoms with Crippen LogP contribution in [0.1, 0.15) is 15.9 Å². The highest BCUT2D eigenvalue weighted by Gasteiger charge is 2.23. The molecule has 21 heavy (non-hydrogen) atoms. The highest BCUT2D eigenvalue weighted by molar-refractivity contribution is 5.96. The third kappa shape index (κ3) is 4.02.